The lowest BCUT2D eigenvalue weighted by atomic mass is 9.62. The number of halogens is 1. The Hall–Kier alpha value is -2.69. The summed E-state index contributed by atoms with van der Waals surface area (Å²) in [5.74, 6) is 0.258. The summed E-state index contributed by atoms with van der Waals surface area (Å²) >= 11 is 0. The molecule has 174 valence electrons. The van der Waals surface area contributed by atoms with Gasteiger partial charge >= 0.3 is 0 Å². The van der Waals surface area contributed by atoms with E-state index < -0.39 is 5.41 Å². The van der Waals surface area contributed by atoms with E-state index in [1.54, 1.807) is 6.07 Å². The van der Waals surface area contributed by atoms with Crippen molar-refractivity contribution in [2.24, 2.45) is 5.41 Å². The van der Waals surface area contributed by atoms with Crippen LogP contribution in [0.3, 0.4) is 0 Å². The van der Waals surface area contributed by atoms with Crippen LogP contribution in [0.1, 0.15) is 67.6 Å². The van der Waals surface area contributed by atoms with Gasteiger partial charge in [0.1, 0.15) is 5.82 Å². The minimum atomic E-state index is -0.400. The summed E-state index contributed by atoms with van der Waals surface area (Å²) in [4.78, 5) is 28.4. The van der Waals surface area contributed by atoms with Gasteiger partial charge in [0.05, 0.1) is 5.41 Å². The van der Waals surface area contributed by atoms with E-state index in [4.69, 9.17) is 0 Å². The van der Waals surface area contributed by atoms with Gasteiger partial charge in [-0.15, -0.1) is 0 Å². The van der Waals surface area contributed by atoms with Gasteiger partial charge in [-0.1, -0.05) is 49.2 Å². The minimum Gasteiger partial charge on any atom is -0.355 e. The number of nitrogens with one attached hydrogen (secondary N) is 1. The lowest BCUT2D eigenvalue weighted by Gasteiger charge is -2.50. The number of hydrogen-bond donors (Lipinski definition) is 1. The predicted molar refractivity (Wildman–Crippen MR) is 126 cm³/mol. The molecule has 5 heteroatoms. The molecule has 4 nitrogen and oxygen atoms in total. The fourth-order valence-corrected chi connectivity index (χ4v) is 6.75. The number of piperidine rings is 2. The highest BCUT2D eigenvalue weighted by molar-refractivity contribution is 5.89. The number of carbonyl (C=O) groups excluding carboxylic acids is 2. The Morgan fingerprint density at radius 3 is 2.39 bits per heavy atom. The summed E-state index contributed by atoms with van der Waals surface area (Å²) < 4.78 is 13.8. The molecule has 2 heterocycles. The highest BCUT2D eigenvalue weighted by atomic mass is 19.1. The molecule has 2 aromatic carbocycles. The first-order chi connectivity index (χ1) is 15.9. The lowest BCUT2D eigenvalue weighted by Crippen LogP contribution is -2.55. The number of amides is 2. The molecule has 1 atom stereocenters. The summed E-state index contributed by atoms with van der Waals surface area (Å²) in [6, 6.07) is 15.3. The number of carbonyl (C=O) groups is 2. The van der Waals surface area contributed by atoms with Crippen LogP contribution in [0.2, 0.25) is 0 Å². The molecule has 2 aromatic rings. The van der Waals surface area contributed by atoms with Gasteiger partial charge < -0.3 is 10.2 Å². The number of aryl methyl sites for hydroxylation is 1. The highest BCUT2D eigenvalue weighted by Crippen LogP contribution is 2.50. The fraction of sp³-hybridized carbons (Fsp3) is 0.500. The van der Waals surface area contributed by atoms with Crippen molar-refractivity contribution in [1.29, 1.82) is 0 Å². The fourth-order valence-electron chi connectivity index (χ4n) is 6.75. The quantitative estimate of drug-likeness (QED) is 0.729. The summed E-state index contributed by atoms with van der Waals surface area (Å²) in [5.41, 5.74) is 2.61. The standard InChI is InChI=1S/C28H33FN2O2/c1-20-17-22(29)9-10-23(20)24-19-30-25(32)18-27(24)13-15-31(16-14-27)26(33)28(11-5-6-12-28)21-7-3-2-4-8-21/h2-4,7-10,17,24H,5-6,11-16,18-19H2,1H3,(H,30,32). The number of nitrogens with zero attached hydrogens (tertiary/aromatic N) is 1. The van der Waals surface area contributed by atoms with Crippen molar-refractivity contribution in [2.45, 2.75) is 63.2 Å². The zero-order valence-corrected chi connectivity index (χ0v) is 19.4. The Labute approximate surface area is 195 Å². The molecule has 0 aromatic heterocycles. The molecule has 1 N–H and O–H groups in total. The van der Waals surface area contributed by atoms with E-state index in [-0.39, 0.29) is 29.0 Å². The molecule has 3 aliphatic rings. The molecular weight excluding hydrogens is 415 g/mol. The van der Waals surface area contributed by atoms with Gasteiger partial charge in [-0.3, -0.25) is 9.59 Å². The second kappa shape index (κ2) is 8.58. The van der Waals surface area contributed by atoms with Gasteiger partial charge in [0.25, 0.3) is 0 Å². The summed E-state index contributed by atoms with van der Waals surface area (Å²) in [6.07, 6.45) is 6.08. The molecule has 1 saturated carbocycles. The first-order valence-electron chi connectivity index (χ1n) is 12.3. The van der Waals surface area contributed by atoms with E-state index in [1.807, 2.05) is 31.2 Å². The van der Waals surface area contributed by atoms with Gasteiger partial charge in [0, 0.05) is 32.0 Å². The van der Waals surface area contributed by atoms with Crippen LogP contribution in [0, 0.1) is 18.2 Å². The van der Waals surface area contributed by atoms with Crippen molar-refractivity contribution in [1.82, 2.24) is 10.2 Å². The molecule has 1 unspecified atom stereocenters. The van der Waals surface area contributed by atoms with Crippen molar-refractivity contribution >= 4 is 11.8 Å². The van der Waals surface area contributed by atoms with Crippen LogP contribution in [-0.4, -0.2) is 36.3 Å². The molecule has 2 amide bonds. The molecule has 2 aliphatic heterocycles. The molecule has 2 saturated heterocycles. The number of likely N-dealkylation sites (tertiary alicyclic amines) is 1. The van der Waals surface area contributed by atoms with Crippen LogP contribution in [0.4, 0.5) is 4.39 Å². The average molecular weight is 449 g/mol. The molecule has 1 aliphatic carbocycles. The molecule has 5 rings (SSSR count). The number of rotatable bonds is 3. The Bertz CT molecular complexity index is 1040. The molecule has 33 heavy (non-hydrogen) atoms. The maximum Gasteiger partial charge on any atom is 0.233 e. The number of hydrogen-bond acceptors (Lipinski definition) is 2. The van der Waals surface area contributed by atoms with Gasteiger partial charge in [-0.25, -0.2) is 4.39 Å². The van der Waals surface area contributed by atoms with Crippen molar-refractivity contribution in [3.63, 3.8) is 0 Å². The van der Waals surface area contributed by atoms with Crippen LogP contribution in [0.25, 0.3) is 0 Å². The third-order valence-corrected chi connectivity index (χ3v) is 8.60. The summed E-state index contributed by atoms with van der Waals surface area (Å²) in [7, 11) is 0. The Kier molecular flexibility index (Phi) is 5.75. The largest absolute Gasteiger partial charge is 0.355 e. The van der Waals surface area contributed by atoms with Crippen LogP contribution < -0.4 is 5.32 Å². The average Bonchev–Trinajstić information content (AvgIpc) is 3.32. The highest BCUT2D eigenvalue weighted by Gasteiger charge is 2.50. The monoisotopic (exact) mass is 448 g/mol. The third-order valence-electron chi connectivity index (χ3n) is 8.60. The first-order valence-corrected chi connectivity index (χ1v) is 12.3. The van der Waals surface area contributed by atoms with E-state index in [0.29, 0.717) is 26.1 Å². The second-order valence-corrected chi connectivity index (χ2v) is 10.3. The molecule has 0 bridgehead atoms. The van der Waals surface area contributed by atoms with Crippen LogP contribution in [-0.2, 0) is 15.0 Å². The van der Waals surface area contributed by atoms with E-state index >= 15 is 0 Å². The van der Waals surface area contributed by atoms with Crippen LogP contribution in [0.15, 0.2) is 48.5 Å². The van der Waals surface area contributed by atoms with E-state index in [0.717, 1.165) is 55.2 Å². The second-order valence-electron chi connectivity index (χ2n) is 10.3. The normalized spacial score (nSPS) is 24.0. The Morgan fingerprint density at radius 1 is 1.03 bits per heavy atom. The Balaban J connectivity index is 1.39. The minimum absolute atomic E-state index is 0.0855. The zero-order valence-electron chi connectivity index (χ0n) is 19.4. The van der Waals surface area contributed by atoms with Gasteiger partial charge in [0.2, 0.25) is 11.8 Å². The van der Waals surface area contributed by atoms with Crippen molar-refractivity contribution in [2.75, 3.05) is 19.6 Å². The molecular formula is C28H33FN2O2. The summed E-state index contributed by atoms with van der Waals surface area (Å²) in [6.45, 7) is 3.88. The zero-order chi connectivity index (χ0) is 23.1. The van der Waals surface area contributed by atoms with Crippen LogP contribution >= 0.6 is 0 Å². The van der Waals surface area contributed by atoms with Gasteiger partial charge in [0.15, 0.2) is 0 Å². The van der Waals surface area contributed by atoms with Gasteiger partial charge in [-0.2, -0.15) is 0 Å². The van der Waals surface area contributed by atoms with E-state index in [2.05, 4.69) is 22.3 Å². The van der Waals surface area contributed by atoms with E-state index in [1.165, 1.54) is 6.07 Å². The smallest absolute Gasteiger partial charge is 0.233 e. The third kappa shape index (κ3) is 3.85. The van der Waals surface area contributed by atoms with Crippen molar-refractivity contribution < 1.29 is 14.0 Å². The Morgan fingerprint density at radius 2 is 1.73 bits per heavy atom. The SMILES string of the molecule is Cc1cc(F)ccc1C1CNC(=O)CC12CCN(C(=O)C1(c3ccccc3)CCCC1)CC2. The first kappa shape index (κ1) is 22.1. The molecule has 3 fully saturated rings. The van der Waals surface area contributed by atoms with Gasteiger partial charge in [-0.05, 0) is 66.8 Å². The molecule has 0 radical (unpaired) electrons. The molecule has 1 spiro atoms. The van der Waals surface area contributed by atoms with E-state index in [9.17, 15) is 14.0 Å². The predicted octanol–water partition coefficient (Wildman–Crippen LogP) is 4.86. The van der Waals surface area contributed by atoms with Crippen molar-refractivity contribution in [3.05, 3.63) is 71.0 Å². The van der Waals surface area contributed by atoms with Crippen molar-refractivity contribution in [3.8, 4) is 0 Å². The summed E-state index contributed by atoms with van der Waals surface area (Å²) in [5, 5.41) is 3.04. The topological polar surface area (TPSA) is 49.4 Å². The maximum absolute atomic E-state index is 13.9. The number of benzene rings is 2. The lowest BCUT2D eigenvalue weighted by molar-refractivity contribution is -0.141. The maximum atomic E-state index is 13.9. The van der Waals surface area contributed by atoms with Crippen LogP contribution in [0.5, 0.6) is 0 Å².